The molecule has 0 aliphatic heterocycles. The molecule has 6 nitrogen and oxygen atoms in total. The standard InChI is InChI=1S/3C3H7O2.Gd/c3*1-3(4)5-2;/h3*3H,1-2H3;/q3*-1;+3. The normalized spacial score (nSPS) is 14.1. The third-order valence-electron chi connectivity index (χ3n) is 0.996. The van der Waals surface area contributed by atoms with Gasteiger partial charge in [0.2, 0.25) is 0 Å². The van der Waals surface area contributed by atoms with E-state index in [9.17, 15) is 15.3 Å². The second kappa shape index (κ2) is 21.4. The van der Waals surface area contributed by atoms with Gasteiger partial charge in [-0.05, 0) is 18.9 Å². The van der Waals surface area contributed by atoms with Crippen LogP contribution in [0.5, 0.6) is 0 Å². The molecular formula is C9H21GdO6. The molecule has 1 radical (unpaired) electrons. The van der Waals surface area contributed by atoms with Crippen molar-refractivity contribution in [3.05, 3.63) is 0 Å². The van der Waals surface area contributed by atoms with Crippen LogP contribution in [0.1, 0.15) is 20.8 Å². The summed E-state index contributed by atoms with van der Waals surface area (Å²) in [4.78, 5) is 0. The van der Waals surface area contributed by atoms with Crippen molar-refractivity contribution in [2.24, 2.45) is 0 Å². The van der Waals surface area contributed by atoms with Crippen LogP contribution >= 0.6 is 0 Å². The van der Waals surface area contributed by atoms with Crippen LogP contribution in [-0.2, 0) is 14.2 Å². The molecule has 0 aliphatic rings. The number of hydrogen-bond acceptors (Lipinski definition) is 6. The quantitative estimate of drug-likeness (QED) is 0.525. The zero-order chi connectivity index (χ0) is 12.9. The fraction of sp³-hybridized carbons (Fsp3) is 1.00. The minimum absolute atomic E-state index is 0. The van der Waals surface area contributed by atoms with E-state index in [1.54, 1.807) is 0 Å². The Balaban J connectivity index is -0.0000000655. The molecule has 0 bridgehead atoms. The van der Waals surface area contributed by atoms with Crippen molar-refractivity contribution in [3.8, 4) is 0 Å². The van der Waals surface area contributed by atoms with Gasteiger partial charge >= 0.3 is 39.9 Å². The molecule has 0 saturated heterocycles. The molecule has 0 aromatic heterocycles. The summed E-state index contributed by atoms with van der Waals surface area (Å²) in [6.07, 6.45) is -2.60. The largest absolute Gasteiger partial charge is 3.00 e. The maximum Gasteiger partial charge on any atom is 3.00 e. The van der Waals surface area contributed by atoms with Gasteiger partial charge in [0, 0.05) is 21.3 Å². The zero-order valence-electron chi connectivity index (χ0n) is 10.5. The molecule has 0 aromatic rings. The van der Waals surface area contributed by atoms with Gasteiger partial charge in [-0.15, -0.1) is 0 Å². The minimum Gasteiger partial charge on any atom is -0.831 e. The first kappa shape index (κ1) is 25.8. The maximum atomic E-state index is 9.67. The topological polar surface area (TPSA) is 96.9 Å². The number of rotatable bonds is 3. The molecule has 0 N–H and O–H groups in total. The fourth-order valence-corrected chi connectivity index (χ4v) is 0. The Morgan fingerprint density at radius 2 is 0.688 bits per heavy atom. The van der Waals surface area contributed by atoms with E-state index in [-0.39, 0.29) is 39.9 Å². The summed E-state index contributed by atoms with van der Waals surface area (Å²) in [7, 11) is 4.16. The summed E-state index contributed by atoms with van der Waals surface area (Å²) in [6, 6.07) is 0. The van der Waals surface area contributed by atoms with E-state index in [2.05, 4.69) is 14.2 Å². The number of methoxy groups -OCH3 is 3. The molecule has 0 fully saturated rings. The smallest absolute Gasteiger partial charge is 0.831 e. The van der Waals surface area contributed by atoms with E-state index < -0.39 is 18.9 Å². The van der Waals surface area contributed by atoms with E-state index >= 15 is 0 Å². The molecule has 16 heavy (non-hydrogen) atoms. The molecule has 3 atom stereocenters. The van der Waals surface area contributed by atoms with E-state index in [4.69, 9.17) is 0 Å². The van der Waals surface area contributed by atoms with Gasteiger partial charge in [-0.25, -0.2) is 0 Å². The fourth-order valence-electron chi connectivity index (χ4n) is 0. The second-order valence-electron chi connectivity index (χ2n) is 2.41. The van der Waals surface area contributed by atoms with Crippen molar-refractivity contribution in [1.82, 2.24) is 0 Å². The average molecular weight is 383 g/mol. The van der Waals surface area contributed by atoms with Gasteiger partial charge in [0.05, 0.1) is 0 Å². The van der Waals surface area contributed by atoms with Crippen molar-refractivity contribution < 1.29 is 69.5 Å². The predicted octanol–water partition coefficient (Wildman–Crippen LogP) is -1.98. The van der Waals surface area contributed by atoms with Crippen LogP contribution in [0.3, 0.4) is 0 Å². The van der Waals surface area contributed by atoms with Gasteiger partial charge in [0.1, 0.15) is 0 Å². The molecule has 0 aromatic carbocycles. The molecular weight excluding hydrogens is 361 g/mol. The average Bonchev–Trinajstić information content (AvgIpc) is 2.19. The van der Waals surface area contributed by atoms with Gasteiger partial charge in [0.25, 0.3) is 0 Å². The Kier molecular flexibility index (Phi) is 34.5. The SMILES string of the molecule is COC(C)[O-].COC(C)[O-].COC(C)[O-].[Gd+3]. The van der Waals surface area contributed by atoms with Gasteiger partial charge in [0.15, 0.2) is 0 Å². The van der Waals surface area contributed by atoms with E-state index in [1.807, 2.05) is 0 Å². The van der Waals surface area contributed by atoms with Gasteiger partial charge in [-0.1, -0.05) is 20.8 Å². The van der Waals surface area contributed by atoms with Crippen LogP contribution in [-0.4, -0.2) is 40.2 Å². The van der Waals surface area contributed by atoms with Crippen LogP contribution in [0.25, 0.3) is 0 Å². The Morgan fingerprint density at radius 1 is 0.625 bits per heavy atom. The molecule has 0 saturated carbocycles. The van der Waals surface area contributed by atoms with E-state index in [1.165, 1.54) is 42.1 Å². The van der Waals surface area contributed by atoms with Crippen molar-refractivity contribution in [1.29, 1.82) is 0 Å². The molecule has 3 unspecified atom stereocenters. The van der Waals surface area contributed by atoms with Crippen molar-refractivity contribution >= 4 is 0 Å². The minimum atomic E-state index is -0.866. The van der Waals surface area contributed by atoms with E-state index in [0.717, 1.165) is 0 Å². The predicted molar refractivity (Wildman–Crippen MR) is 49.4 cm³/mol. The Labute approximate surface area is 130 Å². The third-order valence-corrected chi connectivity index (χ3v) is 0.996. The maximum absolute atomic E-state index is 9.67. The monoisotopic (exact) mass is 383 g/mol. The summed E-state index contributed by atoms with van der Waals surface area (Å²) < 4.78 is 12.6. The van der Waals surface area contributed by atoms with Crippen LogP contribution < -0.4 is 15.3 Å². The first-order valence-electron chi connectivity index (χ1n) is 4.37. The molecule has 0 spiro atoms. The Hall–Kier alpha value is 1.08. The summed E-state index contributed by atoms with van der Waals surface area (Å²) in [5.41, 5.74) is 0. The van der Waals surface area contributed by atoms with Crippen LogP contribution in [0, 0.1) is 39.9 Å². The summed E-state index contributed by atoms with van der Waals surface area (Å²) in [5.74, 6) is 0. The van der Waals surface area contributed by atoms with Crippen molar-refractivity contribution in [2.75, 3.05) is 21.3 Å². The molecule has 0 rings (SSSR count). The summed E-state index contributed by atoms with van der Waals surface area (Å²) >= 11 is 0. The number of ether oxygens (including phenoxy) is 3. The van der Waals surface area contributed by atoms with Crippen LogP contribution in [0.4, 0.5) is 0 Å². The van der Waals surface area contributed by atoms with Crippen molar-refractivity contribution in [3.63, 3.8) is 0 Å². The second-order valence-corrected chi connectivity index (χ2v) is 2.41. The molecule has 0 heterocycles. The zero-order valence-corrected chi connectivity index (χ0v) is 12.8. The molecule has 0 aliphatic carbocycles. The molecule has 7 heteroatoms. The summed E-state index contributed by atoms with van der Waals surface area (Å²) in [6.45, 7) is 4.33. The van der Waals surface area contributed by atoms with Crippen molar-refractivity contribution in [2.45, 2.75) is 39.6 Å². The number of hydrogen-bond donors (Lipinski definition) is 0. The van der Waals surface area contributed by atoms with Crippen LogP contribution in [0.15, 0.2) is 0 Å². The summed E-state index contributed by atoms with van der Waals surface area (Å²) in [5, 5.41) is 29.0. The molecule has 0 amide bonds. The first-order chi connectivity index (χ1) is 6.81. The Morgan fingerprint density at radius 3 is 0.688 bits per heavy atom. The third kappa shape index (κ3) is 59.6. The first-order valence-corrected chi connectivity index (χ1v) is 4.37. The molecule has 101 valence electrons. The van der Waals surface area contributed by atoms with Gasteiger partial charge in [-0.3, -0.25) is 0 Å². The van der Waals surface area contributed by atoms with Crippen LogP contribution in [0.2, 0.25) is 0 Å². The van der Waals surface area contributed by atoms with E-state index in [0.29, 0.717) is 0 Å². The van der Waals surface area contributed by atoms with Gasteiger partial charge < -0.3 is 29.5 Å². The van der Waals surface area contributed by atoms with Gasteiger partial charge in [-0.2, -0.15) is 0 Å². The Bertz CT molecular complexity index is 81.0.